The predicted octanol–water partition coefficient (Wildman–Crippen LogP) is 3.20. The van der Waals surface area contributed by atoms with Crippen molar-refractivity contribution in [1.82, 2.24) is 0 Å². The van der Waals surface area contributed by atoms with Crippen LogP contribution < -0.4 is 0 Å². The molecule has 0 heterocycles. The van der Waals surface area contributed by atoms with E-state index in [1.54, 1.807) is 6.08 Å². The molecule has 3 saturated carbocycles. The zero-order valence-corrected chi connectivity index (χ0v) is 16.3. The van der Waals surface area contributed by atoms with E-state index in [1.807, 2.05) is 6.92 Å². The number of carbonyl (C=O) groups is 2. The number of rotatable bonds is 2. The number of fused-ring (bicyclic) bond motifs is 5. The third kappa shape index (κ3) is 2.15. The zero-order valence-electron chi connectivity index (χ0n) is 16.3. The van der Waals surface area contributed by atoms with Gasteiger partial charge >= 0.3 is 0 Å². The fraction of sp³-hybridized carbons (Fsp3) is 0.818. The number of allylic oxidation sites excluding steroid dienone is 1. The average molecular weight is 360 g/mol. The maximum atomic E-state index is 13.0. The second-order valence-corrected chi connectivity index (χ2v) is 9.77. The fourth-order valence-electron chi connectivity index (χ4n) is 7.08. The smallest absolute Gasteiger partial charge is 0.159 e. The minimum Gasteiger partial charge on any atom is -0.393 e. The third-order valence-corrected chi connectivity index (χ3v) is 8.81. The van der Waals surface area contributed by atoms with Crippen LogP contribution in [0.25, 0.3) is 0 Å². The van der Waals surface area contributed by atoms with Crippen molar-refractivity contribution in [2.75, 3.05) is 0 Å². The summed E-state index contributed by atoms with van der Waals surface area (Å²) >= 11 is 0. The average Bonchev–Trinajstić information content (AvgIpc) is 2.88. The molecule has 26 heavy (non-hydrogen) atoms. The van der Waals surface area contributed by atoms with Gasteiger partial charge in [0, 0.05) is 23.7 Å². The van der Waals surface area contributed by atoms with Crippen molar-refractivity contribution in [2.45, 2.75) is 83.8 Å². The maximum Gasteiger partial charge on any atom is 0.159 e. The molecule has 0 spiro atoms. The van der Waals surface area contributed by atoms with Gasteiger partial charge in [-0.3, -0.25) is 9.59 Å². The topological polar surface area (TPSA) is 74.6 Å². The molecule has 4 aliphatic carbocycles. The summed E-state index contributed by atoms with van der Waals surface area (Å²) in [6, 6.07) is 0. The largest absolute Gasteiger partial charge is 0.393 e. The highest BCUT2D eigenvalue weighted by Gasteiger charge is 2.66. The number of aliphatic hydroxyl groups excluding tert-OH is 1. The lowest BCUT2D eigenvalue weighted by Crippen LogP contribution is -2.59. The first-order valence-corrected chi connectivity index (χ1v) is 10.4. The van der Waals surface area contributed by atoms with E-state index in [9.17, 15) is 19.8 Å². The van der Waals surface area contributed by atoms with Crippen molar-refractivity contribution in [3.05, 3.63) is 11.6 Å². The molecule has 4 rings (SSSR count). The first-order valence-electron chi connectivity index (χ1n) is 10.4. The molecule has 4 nitrogen and oxygen atoms in total. The van der Waals surface area contributed by atoms with Crippen LogP contribution in [0.4, 0.5) is 0 Å². The van der Waals surface area contributed by atoms with Crippen LogP contribution in [-0.4, -0.2) is 33.5 Å². The standard InChI is InChI=1S/C22H32O4/c1-4-18(24)15-7-10-22(26)16-12-19(25)17-11-13(23)5-8-20(17,2)14(16)6-9-21(15,22)3/h12-15,17,23,26H,4-11H2,1-3H3/t13?,14?,15?,17?,20?,21?,22-/m1/s1. The van der Waals surface area contributed by atoms with Crippen molar-refractivity contribution < 1.29 is 19.8 Å². The quantitative estimate of drug-likeness (QED) is 0.793. The molecule has 4 aliphatic rings. The van der Waals surface area contributed by atoms with Crippen LogP contribution in [0.2, 0.25) is 0 Å². The highest BCUT2D eigenvalue weighted by Crippen LogP contribution is 2.67. The predicted molar refractivity (Wildman–Crippen MR) is 98.3 cm³/mol. The maximum absolute atomic E-state index is 13.0. The van der Waals surface area contributed by atoms with E-state index in [4.69, 9.17) is 0 Å². The van der Waals surface area contributed by atoms with Gasteiger partial charge in [0.25, 0.3) is 0 Å². The Balaban J connectivity index is 1.77. The molecule has 4 heteroatoms. The molecule has 144 valence electrons. The summed E-state index contributed by atoms with van der Waals surface area (Å²) in [6.45, 7) is 6.16. The Bertz CT molecular complexity index is 682. The molecule has 0 aliphatic heterocycles. The van der Waals surface area contributed by atoms with Crippen molar-refractivity contribution in [2.24, 2.45) is 28.6 Å². The molecule has 2 N–H and O–H groups in total. The van der Waals surface area contributed by atoms with E-state index in [0.29, 0.717) is 19.3 Å². The van der Waals surface area contributed by atoms with Crippen molar-refractivity contribution in [3.8, 4) is 0 Å². The molecule has 0 aromatic rings. The van der Waals surface area contributed by atoms with E-state index >= 15 is 0 Å². The van der Waals surface area contributed by atoms with Gasteiger partial charge in [-0.15, -0.1) is 0 Å². The molecule has 7 atom stereocenters. The van der Waals surface area contributed by atoms with Gasteiger partial charge < -0.3 is 10.2 Å². The van der Waals surface area contributed by atoms with Gasteiger partial charge in [0.15, 0.2) is 5.78 Å². The molecule has 0 aromatic heterocycles. The lowest BCUT2D eigenvalue weighted by molar-refractivity contribution is -0.144. The number of hydrogen-bond donors (Lipinski definition) is 2. The monoisotopic (exact) mass is 360 g/mol. The first kappa shape index (κ1) is 18.4. The summed E-state index contributed by atoms with van der Waals surface area (Å²) in [5.41, 5.74) is -0.770. The summed E-state index contributed by atoms with van der Waals surface area (Å²) in [7, 11) is 0. The molecule has 0 amide bonds. The van der Waals surface area contributed by atoms with E-state index in [2.05, 4.69) is 13.8 Å². The minimum atomic E-state index is -1.04. The second kappa shape index (κ2) is 5.75. The van der Waals surface area contributed by atoms with Crippen molar-refractivity contribution in [1.29, 1.82) is 0 Å². The lowest BCUT2D eigenvalue weighted by atomic mass is 9.46. The van der Waals surface area contributed by atoms with Gasteiger partial charge in [0.05, 0.1) is 11.7 Å². The van der Waals surface area contributed by atoms with Gasteiger partial charge in [0.1, 0.15) is 5.78 Å². The Morgan fingerprint density at radius 3 is 2.58 bits per heavy atom. The van der Waals surface area contributed by atoms with Crippen molar-refractivity contribution >= 4 is 11.6 Å². The number of hydrogen-bond acceptors (Lipinski definition) is 4. The Labute approximate surface area is 156 Å². The third-order valence-electron chi connectivity index (χ3n) is 8.81. The number of carbonyl (C=O) groups excluding carboxylic acids is 2. The van der Waals surface area contributed by atoms with Gasteiger partial charge in [-0.25, -0.2) is 0 Å². The van der Waals surface area contributed by atoms with Crippen molar-refractivity contribution in [3.63, 3.8) is 0 Å². The molecular formula is C22H32O4. The molecule has 0 radical (unpaired) electrons. The summed E-state index contributed by atoms with van der Waals surface area (Å²) < 4.78 is 0. The van der Waals surface area contributed by atoms with Crippen LogP contribution in [0.5, 0.6) is 0 Å². The lowest BCUT2D eigenvalue weighted by Gasteiger charge is -2.59. The van der Waals surface area contributed by atoms with Gasteiger partial charge in [-0.05, 0) is 67.9 Å². The van der Waals surface area contributed by atoms with E-state index in [0.717, 1.165) is 37.7 Å². The summed E-state index contributed by atoms with van der Waals surface area (Å²) in [4.78, 5) is 25.5. The van der Waals surface area contributed by atoms with Crippen LogP contribution >= 0.6 is 0 Å². The molecule has 0 saturated heterocycles. The van der Waals surface area contributed by atoms with Crippen LogP contribution in [0.1, 0.15) is 72.1 Å². The Kier molecular flexibility index (Phi) is 4.06. The molecule has 6 unspecified atom stereocenters. The minimum absolute atomic E-state index is 0.0699. The number of Topliss-reactive ketones (excluding diaryl/α,β-unsaturated/α-hetero) is 1. The van der Waals surface area contributed by atoms with Crippen LogP contribution in [0.3, 0.4) is 0 Å². The fourth-order valence-corrected chi connectivity index (χ4v) is 7.08. The van der Waals surface area contributed by atoms with E-state index < -0.39 is 11.0 Å². The Hall–Kier alpha value is -1.00. The highest BCUT2D eigenvalue weighted by atomic mass is 16.3. The van der Waals surface area contributed by atoms with E-state index in [-0.39, 0.29) is 40.8 Å². The van der Waals surface area contributed by atoms with Crippen LogP contribution in [0, 0.1) is 28.6 Å². The van der Waals surface area contributed by atoms with Gasteiger partial charge in [-0.1, -0.05) is 20.8 Å². The van der Waals surface area contributed by atoms with Crippen LogP contribution in [-0.2, 0) is 9.59 Å². The molecule has 0 aromatic carbocycles. The first-order chi connectivity index (χ1) is 12.2. The summed E-state index contributed by atoms with van der Waals surface area (Å²) in [5, 5.41) is 21.9. The molecule has 3 fully saturated rings. The summed E-state index contributed by atoms with van der Waals surface area (Å²) in [5.74, 6) is 0.261. The Morgan fingerprint density at radius 1 is 1.15 bits per heavy atom. The SMILES string of the molecule is CCC(=O)C1CC[C@@]2(O)C3=CC(=O)C4CC(O)CCC4(C)C3CCC12C. The van der Waals surface area contributed by atoms with Gasteiger partial charge in [0.2, 0.25) is 0 Å². The molecular weight excluding hydrogens is 328 g/mol. The zero-order chi connectivity index (χ0) is 18.9. The normalized spacial score (nSPS) is 50.5. The second-order valence-electron chi connectivity index (χ2n) is 9.77. The van der Waals surface area contributed by atoms with E-state index in [1.165, 1.54) is 0 Å². The molecule has 0 bridgehead atoms. The van der Waals surface area contributed by atoms with Crippen LogP contribution in [0.15, 0.2) is 11.6 Å². The number of aliphatic hydroxyl groups is 2. The highest BCUT2D eigenvalue weighted by molar-refractivity contribution is 5.95. The number of ketones is 2. The summed E-state index contributed by atoms with van der Waals surface area (Å²) in [6.07, 6.45) is 7.00. The van der Waals surface area contributed by atoms with Gasteiger partial charge in [-0.2, -0.15) is 0 Å². The Morgan fingerprint density at radius 2 is 1.88 bits per heavy atom.